The molecule has 0 aromatic heterocycles. The third-order valence-electron chi connectivity index (χ3n) is 5.52. The van der Waals surface area contributed by atoms with Crippen LogP contribution in [0.25, 0.3) is 10.6 Å². The summed E-state index contributed by atoms with van der Waals surface area (Å²) in [4.78, 5) is 62.9. The molecule has 0 saturated carbocycles. The van der Waals surface area contributed by atoms with Crippen molar-refractivity contribution in [2.75, 3.05) is 27.3 Å². The number of nitrogens with zero attached hydrogens (tertiary/aromatic N) is 4. The fourth-order valence-electron chi connectivity index (χ4n) is 3.56. The summed E-state index contributed by atoms with van der Waals surface area (Å²) in [7, 11) is 3.30. The largest absolute Gasteiger partial charge is 2.00 e. The zero-order valence-electron chi connectivity index (χ0n) is 41.4. The van der Waals surface area contributed by atoms with Gasteiger partial charge in [-0.3, -0.25) is 0 Å². The molecule has 0 fully saturated rings. The van der Waals surface area contributed by atoms with Crippen LogP contribution in [0.15, 0.2) is 119 Å². The molecule has 31 heteroatoms. The van der Waals surface area contributed by atoms with Crippen molar-refractivity contribution in [3.8, 4) is 11.5 Å². The molecule has 18 nitrogen and oxygen atoms in total. The minimum absolute atomic E-state index is 0. The van der Waals surface area contributed by atoms with Crippen LogP contribution < -0.4 is 40.1 Å². The topological polar surface area (TPSA) is 312 Å². The summed E-state index contributed by atoms with van der Waals surface area (Å²) in [6.45, 7) is 7.02. The van der Waals surface area contributed by atoms with Gasteiger partial charge in [0, 0.05) is 35.8 Å². The number of carboxylic acids is 6. The molecule has 77 heavy (non-hydrogen) atoms. The van der Waals surface area contributed by atoms with E-state index in [4.69, 9.17) is 194 Å². The molecule has 0 saturated heterocycles. The molecule has 442 valence electrons. The molecule has 4 aromatic carbocycles. The molecule has 0 bridgehead atoms. The van der Waals surface area contributed by atoms with E-state index < -0.39 is 48.7 Å². The van der Waals surface area contributed by atoms with Gasteiger partial charge in [-0.15, -0.1) is 0 Å². The number of aliphatic imine (C=N–C) groups is 2. The number of hydrogen-bond donors (Lipinski definition) is 0. The van der Waals surface area contributed by atoms with Crippen LogP contribution in [0.2, 0.25) is 0 Å². The molecule has 0 unspecified atom stereocenters. The summed E-state index contributed by atoms with van der Waals surface area (Å²) in [6, 6.07) is 35.3. The predicted molar refractivity (Wildman–Crippen MR) is 280 cm³/mol. The number of carbonyl (C=O) groups excluding carboxylic acids is 6. The van der Waals surface area contributed by atoms with Crippen LogP contribution in [-0.2, 0) is 113 Å². The molecule has 0 aliphatic heterocycles. The Hall–Kier alpha value is -2.40. The summed E-state index contributed by atoms with van der Waals surface area (Å²) >= 11 is 43.3. The van der Waals surface area contributed by atoms with Crippen LogP contribution in [0.1, 0.15) is 59.1 Å². The third-order valence-corrected chi connectivity index (χ3v) is 5.52. The van der Waals surface area contributed by atoms with Crippen molar-refractivity contribution >= 4 is 163 Å². The first-order chi connectivity index (χ1) is 33.8. The van der Waals surface area contributed by atoms with E-state index in [0.717, 1.165) is 82.0 Å². The summed E-state index contributed by atoms with van der Waals surface area (Å²) in [5, 5.41) is 62.9. The molecule has 0 aliphatic rings. The number of aliphatic carboxylic acids is 6. The summed E-state index contributed by atoms with van der Waals surface area (Å²) in [5.41, 5.74) is 3.60. The van der Waals surface area contributed by atoms with E-state index in [9.17, 15) is 0 Å². The van der Waals surface area contributed by atoms with Gasteiger partial charge in [0.2, 0.25) is 0 Å². The van der Waals surface area contributed by atoms with Gasteiger partial charge < -0.3 is 89.5 Å². The Bertz CT molecular complexity index is 1980. The Balaban J connectivity index is -0.000000115. The molecule has 0 spiro atoms. The maximum Gasteiger partial charge on any atom is 2.00 e. The molecule has 0 atom stereocenters. The van der Waals surface area contributed by atoms with Crippen LogP contribution >= 0.6 is 104 Å². The van der Waals surface area contributed by atoms with Crippen LogP contribution in [0, 0.1) is 0 Å². The van der Waals surface area contributed by atoms with E-state index >= 15 is 0 Å². The number of halogens is 9. The van der Waals surface area contributed by atoms with Gasteiger partial charge in [-0.05, 0) is 88.3 Å². The zero-order valence-corrected chi connectivity index (χ0v) is 57.3. The molecule has 0 aliphatic carbocycles. The maximum absolute atomic E-state index is 8.89. The number of alkyl halides is 9. The van der Waals surface area contributed by atoms with Gasteiger partial charge in [-0.25, -0.2) is 0 Å². The third kappa shape index (κ3) is 99.4. The van der Waals surface area contributed by atoms with Gasteiger partial charge in [0.15, 0.2) is 12.9 Å². The first-order valence-corrected chi connectivity index (χ1v) is 23.5. The van der Waals surface area contributed by atoms with E-state index in [1.54, 1.807) is 14.2 Å². The average molecular weight is 1980 g/mol. The fourth-order valence-corrected chi connectivity index (χ4v) is 3.56. The van der Waals surface area contributed by atoms with E-state index in [1.165, 1.54) is 0 Å². The van der Waals surface area contributed by atoms with E-state index in [0.29, 0.717) is 24.8 Å². The van der Waals surface area contributed by atoms with Gasteiger partial charge in [0.1, 0.15) is 11.5 Å². The molecule has 0 heterocycles. The number of methoxy groups -OCH3 is 2. The molecule has 4 aromatic rings. The maximum atomic E-state index is 8.89. The van der Waals surface area contributed by atoms with Crippen molar-refractivity contribution in [2.24, 2.45) is 9.98 Å². The fraction of sp³-hybridized carbons (Fsp3) is 0.304. The van der Waals surface area contributed by atoms with Gasteiger partial charge in [0.05, 0.1) is 14.2 Å². The van der Waals surface area contributed by atoms with Crippen molar-refractivity contribution in [3.05, 3.63) is 131 Å². The second-order valence-corrected chi connectivity index (χ2v) is 17.7. The van der Waals surface area contributed by atoms with E-state index in [2.05, 4.69) is 0 Å². The zero-order chi connectivity index (χ0) is 57.9. The van der Waals surface area contributed by atoms with Crippen molar-refractivity contribution in [1.82, 2.24) is 0 Å². The Morgan fingerprint density at radius 2 is 0.714 bits per heavy atom. The summed E-state index contributed by atoms with van der Waals surface area (Å²) in [6.07, 6.45) is 0.767. The van der Waals surface area contributed by atoms with Crippen molar-refractivity contribution in [3.63, 3.8) is 0 Å². The van der Waals surface area contributed by atoms with Gasteiger partial charge in [0.25, 0.3) is 0 Å². The Morgan fingerprint density at radius 3 is 0.987 bits per heavy atom. The van der Waals surface area contributed by atoms with E-state index in [1.807, 2.05) is 109 Å². The van der Waals surface area contributed by atoms with Gasteiger partial charge in [-0.1, -0.05) is 221 Å². The quantitative estimate of drug-likeness (QED) is 0.0741. The Morgan fingerprint density at radius 1 is 0.455 bits per heavy atom. The first-order valence-electron chi connectivity index (χ1n) is 19.6. The van der Waals surface area contributed by atoms with Gasteiger partial charge in [-0.2, -0.15) is 0 Å². The molecule has 0 radical (unpaired) electrons. The van der Waals surface area contributed by atoms with E-state index in [-0.39, 0.29) is 84.3 Å². The molecular weight excluding hydrogens is 1930 g/mol. The van der Waals surface area contributed by atoms with Crippen molar-refractivity contribution < 1.29 is 153 Å². The number of benzene rings is 4. The van der Waals surface area contributed by atoms with Crippen LogP contribution in [0.4, 0.5) is 11.4 Å². The summed E-state index contributed by atoms with van der Waals surface area (Å²) in [5.74, 6) is -3.52. The number of rotatable bonds is 10. The SMILES string of the molecule is CC(=O)[O-].CC(=O)[O-].CC(=O)[O-].CC(=O)[O-].CC(=O)[O-].CC(=O)[O-].COc1ccc(N=C([N-]CCCN=C([N-]c2ccc(OC)cc2)c2ccccc2)c2ccccc2)cc1.ClC(Cl)Cl.ClC(Cl)Cl.ClC(Cl)Cl.[Pt+2].[Pt+2].[Pt+2].[Pt+2]. The van der Waals surface area contributed by atoms with Crippen molar-refractivity contribution in [1.29, 1.82) is 0 Å². The average Bonchev–Trinajstić information content (AvgIpc) is 3.25. The minimum atomic E-state index is -1.08. The second-order valence-electron chi connectivity index (χ2n) is 11.8. The number of ether oxygens (including phenoxy) is 2. The minimum Gasteiger partial charge on any atom is -0.550 e. The smallest absolute Gasteiger partial charge is 0.550 e. The normalized spacial score (nSPS) is 8.94. The summed E-state index contributed by atoms with van der Waals surface area (Å²) < 4.78 is 8.25. The van der Waals surface area contributed by atoms with Crippen molar-refractivity contribution in [2.45, 2.75) is 60.8 Å². The molecule has 0 amide bonds. The number of carbonyl (C=O) groups is 6. The van der Waals surface area contributed by atoms with Crippen LogP contribution in [0.3, 0.4) is 0 Å². The first kappa shape index (κ1) is 96.8. The standard InChI is InChI=1S/C31H30N4O2.6C2H4O2.3CHCl3.4Pt/c1-36-28-18-14-26(15-19-28)34-30(24-10-5-3-6-11-24)32-22-9-23-33-31(25-12-7-4-8-13-25)35-27-16-20-29(37-2)21-17-27;6*1-2(3)4;3*2-1(3)4;;;;/h3-8,10-21H,9,22-23H2,1-2H3;6*1H3,(H,3,4);3*1H;;;;/q-2;;;;;;;;;;4*+2/p-6. The Labute approximate surface area is 551 Å². The van der Waals surface area contributed by atoms with Crippen LogP contribution in [-0.4, -0.2) is 87.7 Å². The number of amidine groups is 2. The number of carboxylic acid groups (broad SMARTS) is 6. The van der Waals surface area contributed by atoms with Crippen LogP contribution in [0.5, 0.6) is 11.5 Å². The van der Waals surface area contributed by atoms with Gasteiger partial charge >= 0.3 is 84.3 Å². The predicted octanol–water partition coefficient (Wildman–Crippen LogP) is 6.18. The number of hydrogen-bond acceptors (Lipinski definition) is 16. The molecule has 0 N–H and O–H groups in total. The molecule has 4 rings (SSSR count). The Kier molecular flexibility index (Phi) is 85.4. The second kappa shape index (κ2) is 67.9. The molecular formula is C46H51Cl9N4O14Pt4. The monoisotopic (exact) mass is 1980 g/mol.